The standard InChI is InChI=1S/C21H23NO3/c1-15-8-10-20-18(12-15)14-22(13-16(2)25-20)21(24)11-9-19(23)17-6-4-3-5-7-17/h3-8,10,12,16H,9,11,13-14H2,1-2H3. The van der Waals surface area contributed by atoms with Crippen LogP contribution in [0.5, 0.6) is 5.75 Å². The van der Waals surface area contributed by atoms with Crippen molar-refractivity contribution in [2.24, 2.45) is 0 Å². The summed E-state index contributed by atoms with van der Waals surface area (Å²) in [6.07, 6.45) is 0.384. The SMILES string of the molecule is Cc1ccc2c(c1)CN(C(=O)CCC(=O)c1ccccc1)CC(C)O2. The molecule has 1 aliphatic rings. The van der Waals surface area contributed by atoms with E-state index >= 15 is 0 Å². The van der Waals surface area contributed by atoms with E-state index in [9.17, 15) is 9.59 Å². The lowest BCUT2D eigenvalue weighted by molar-refractivity contribution is -0.132. The first kappa shape index (κ1) is 17.2. The maximum Gasteiger partial charge on any atom is 0.223 e. The van der Waals surface area contributed by atoms with Gasteiger partial charge in [0.15, 0.2) is 5.78 Å². The van der Waals surface area contributed by atoms with Gasteiger partial charge in [0.25, 0.3) is 0 Å². The maximum absolute atomic E-state index is 12.6. The molecule has 1 amide bonds. The van der Waals surface area contributed by atoms with Crippen LogP contribution in [-0.4, -0.2) is 29.2 Å². The second-order valence-corrected chi connectivity index (χ2v) is 6.60. The molecule has 0 aliphatic carbocycles. The van der Waals surface area contributed by atoms with Gasteiger partial charge in [-0.3, -0.25) is 9.59 Å². The normalized spacial score (nSPS) is 16.6. The molecule has 1 heterocycles. The molecule has 0 spiro atoms. The van der Waals surface area contributed by atoms with Crippen molar-refractivity contribution in [3.05, 3.63) is 65.2 Å². The quantitative estimate of drug-likeness (QED) is 0.798. The molecule has 1 unspecified atom stereocenters. The fraction of sp³-hybridized carbons (Fsp3) is 0.333. The number of Topliss-reactive ketones (excluding diaryl/α,β-unsaturated/α-hetero) is 1. The lowest BCUT2D eigenvalue weighted by Crippen LogP contribution is -2.36. The van der Waals surface area contributed by atoms with E-state index in [1.807, 2.05) is 44.2 Å². The zero-order chi connectivity index (χ0) is 17.8. The van der Waals surface area contributed by atoms with Gasteiger partial charge >= 0.3 is 0 Å². The molecule has 0 saturated carbocycles. The molecule has 3 rings (SSSR count). The molecule has 1 atom stereocenters. The highest BCUT2D eigenvalue weighted by Crippen LogP contribution is 2.26. The lowest BCUT2D eigenvalue weighted by Gasteiger charge is -2.22. The van der Waals surface area contributed by atoms with Crippen molar-refractivity contribution in [1.29, 1.82) is 0 Å². The van der Waals surface area contributed by atoms with E-state index in [1.165, 1.54) is 0 Å². The van der Waals surface area contributed by atoms with Crippen LogP contribution in [0.25, 0.3) is 0 Å². The molecule has 0 fully saturated rings. The summed E-state index contributed by atoms with van der Waals surface area (Å²) in [4.78, 5) is 26.7. The number of nitrogens with zero attached hydrogens (tertiary/aromatic N) is 1. The molecule has 0 N–H and O–H groups in total. The predicted octanol–water partition coefficient (Wildman–Crippen LogP) is 3.77. The Balaban J connectivity index is 1.66. The van der Waals surface area contributed by atoms with Gasteiger partial charge in [0.05, 0.1) is 6.54 Å². The molecular formula is C21H23NO3. The van der Waals surface area contributed by atoms with Crippen LogP contribution in [0.4, 0.5) is 0 Å². The molecule has 25 heavy (non-hydrogen) atoms. The van der Waals surface area contributed by atoms with Gasteiger partial charge in [-0.25, -0.2) is 0 Å². The molecule has 1 aliphatic heterocycles. The smallest absolute Gasteiger partial charge is 0.223 e. The third-order valence-corrected chi connectivity index (χ3v) is 4.40. The van der Waals surface area contributed by atoms with E-state index in [0.29, 0.717) is 18.7 Å². The van der Waals surface area contributed by atoms with Crippen molar-refractivity contribution in [2.75, 3.05) is 6.54 Å². The number of rotatable bonds is 4. The van der Waals surface area contributed by atoms with Crippen LogP contribution in [0.3, 0.4) is 0 Å². The third kappa shape index (κ3) is 4.27. The van der Waals surface area contributed by atoms with Gasteiger partial charge in [-0.15, -0.1) is 0 Å². The Labute approximate surface area is 148 Å². The molecule has 0 saturated heterocycles. The van der Waals surface area contributed by atoms with E-state index in [2.05, 4.69) is 6.07 Å². The van der Waals surface area contributed by atoms with Gasteiger partial charge in [-0.2, -0.15) is 0 Å². The number of amides is 1. The first-order chi connectivity index (χ1) is 12.0. The highest BCUT2D eigenvalue weighted by molar-refractivity contribution is 5.97. The van der Waals surface area contributed by atoms with Crippen molar-refractivity contribution in [3.63, 3.8) is 0 Å². The van der Waals surface area contributed by atoms with Gasteiger partial charge < -0.3 is 9.64 Å². The molecule has 0 radical (unpaired) electrons. The van der Waals surface area contributed by atoms with Crippen molar-refractivity contribution in [2.45, 2.75) is 39.3 Å². The van der Waals surface area contributed by atoms with Crippen LogP contribution in [0.2, 0.25) is 0 Å². The van der Waals surface area contributed by atoms with Crippen molar-refractivity contribution in [3.8, 4) is 5.75 Å². The minimum Gasteiger partial charge on any atom is -0.489 e. The Morgan fingerprint density at radius 1 is 1.12 bits per heavy atom. The number of carbonyl (C=O) groups excluding carboxylic acids is 2. The first-order valence-corrected chi connectivity index (χ1v) is 8.65. The van der Waals surface area contributed by atoms with Crippen LogP contribution < -0.4 is 4.74 Å². The second-order valence-electron chi connectivity index (χ2n) is 6.60. The van der Waals surface area contributed by atoms with Crippen LogP contribution >= 0.6 is 0 Å². The molecule has 2 aromatic rings. The van der Waals surface area contributed by atoms with Gasteiger partial charge in [0.1, 0.15) is 11.9 Å². The molecule has 4 heteroatoms. The fourth-order valence-electron chi connectivity index (χ4n) is 3.12. The van der Waals surface area contributed by atoms with Gasteiger partial charge in [0, 0.05) is 30.5 Å². The van der Waals surface area contributed by atoms with E-state index < -0.39 is 0 Å². The number of hydrogen-bond acceptors (Lipinski definition) is 3. The molecule has 4 nitrogen and oxygen atoms in total. The summed E-state index contributed by atoms with van der Waals surface area (Å²) >= 11 is 0. The third-order valence-electron chi connectivity index (χ3n) is 4.40. The number of carbonyl (C=O) groups is 2. The number of ether oxygens (including phenoxy) is 1. The van der Waals surface area contributed by atoms with Crippen LogP contribution in [0.15, 0.2) is 48.5 Å². The summed E-state index contributed by atoms with van der Waals surface area (Å²) in [5, 5.41) is 0. The molecular weight excluding hydrogens is 314 g/mol. The Hall–Kier alpha value is -2.62. The van der Waals surface area contributed by atoms with Crippen LogP contribution in [-0.2, 0) is 11.3 Å². The lowest BCUT2D eigenvalue weighted by atomic mass is 10.1. The van der Waals surface area contributed by atoms with Crippen LogP contribution in [0, 0.1) is 6.92 Å². The maximum atomic E-state index is 12.6. The second kappa shape index (κ2) is 7.51. The Morgan fingerprint density at radius 2 is 1.88 bits per heavy atom. The summed E-state index contributed by atoms with van der Waals surface area (Å²) in [6, 6.07) is 15.2. The number of hydrogen-bond donors (Lipinski definition) is 0. The molecule has 0 aromatic heterocycles. The summed E-state index contributed by atoms with van der Waals surface area (Å²) in [5.41, 5.74) is 2.82. The van der Waals surface area contributed by atoms with Crippen molar-refractivity contribution >= 4 is 11.7 Å². The minimum atomic E-state index is -0.0715. The average molecular weight is 337 g/mol. The number of aryl methyl sites for hydroxylation is 1. The van der Waals surface area contributed by atoms with E-state index in [0.717, 1.165) is 16.9 Å². The highest BCUT2D eigenvalue weighted by Gasteiger charge is 2.24. The van der Waals surface area contributed by atoms with E-state index in [4.69, 9.17) is 4.74 Å². The zero-order valence-electron chi connectivity index (χ0n) is 14.7. The summed E-state index contributed by atoms with van der Waals surface area (Å²) in [7, 11) is 0. The van der Waals surface area contributed by atoms with E-state index in [-0.39, 0.29) is 30.6 Å². The number of ketones is 1. The first-order valence-electron chi connectivity index (χ1n) is 8.65. The summed E-state index contributed by atoms with van der Waals surface area (Å²) in [5.74, 6) is 0.840. The van der Waals surface area contributed by atoms with Gasteiger partial charge in [0.2, 0.25) is 5.91 Å². The number of fused-ring (bicyclic) bond motifs is 1. The monoisotopic (exact) mass is 337 g/mol. The fourth-order valence-corrected chi connectivity index (χ4v) is 3.12. The van der Waals surface area contributed by atoms with Gasteiger partial charge in [-0.1, -0.05) is 48.0 Å². The average Bonchev–Trinajstić information content (AvgIpc) is 2.78. The summed E-state index contributed by atoms with van der Waals surface area (Å²) in [6.45, 7) is 5.05. The Bertz CT molecular complexity index is 770. The molecule has 130 valence electrons. The Morgan fingerprint density at radius 3 is 2.64 bits per heavy atom. The predicted molar refractivity (Wildman–Crippen MR) is 96.7 cm³/mol. The molecule has 0 bridgehead atoms. The van der Waals surface area contributed by atoms with Crippen LogP contribution in [0.1, 0.15) is 41.3 Å². The molecule has 2 aromatic carbocycles. The van der Waals surface area contributed by atoms with Crippen molar-refractivity contribution in [1.82, 2.24) is 4.90 Å². The largest absolute Gasteiger partial charge is 0.489 e. The Kier molecular flexibility index (Phi) is 5.17. The summed E-state index contributed by atoms with van der Waals surface area (Å²) < 4.78 is 5.93. The zero-order valence-corrected chi connectivity index (χ0v) is 14.7. The highest BCUT2D eigenvalue weighted by atomic mass is 16.5. The van der Waals surface area contributed by atoms with E-state index in [1.54, 1.807) is 17.0 Å². The minimum absolute atomic E-state index is 0.00400. The van der Waals surface area contributed by atoms with Crippen molar-refractivity contribution < 1.29 is 14.3 Å². The number of benzene rings is 2. The topological polar surface area (TPSA) is 46.6 Å². The van der Waals surface area contributed by atoms with Gasteiger partial charge in [-0.05, 0) is 19.9 Å².